The first kappa shape index (κ1) is 26.3. The summed E-state index contributed by atoms with van der Waals surface area (Å²) in [7, 11) is 0. The third-order valence-corrected chi connectivity index (χ3v) is 6.40. The van der Waals surface area contributed by atoms with Gasteiger partial charge in [-0.25, -0.2) is 4.79 Å². The highest BCUT2D eigenvalue weighted by Crippen LogP contribution is 2.19. The Hall–Kier alpha value is -2.28. The molecule has 1 aliphatic rings. The zero-order valence-corrected chi connectivity index (χ0v) is 21.3. The van der Waals surface area contributed by atoms with Gasteiger partial charge in [0.15, 0.2) is 0 Å². The van der Waals surface area contributed by atoms with E-state index in [0.29, 0.717) is 19.7 Å². The molecule has 2 aromatic carbocycles. The van der Waals surface area contributed by atoms with E-state index in [2.05, 4.69) is 34.2 Å². The number of carbonyl (C=O) groups is 1. The summed E-state index contributed by atoms with van der Waals surface area (Å²) in [5.41, 5.74) is 2.13. The molecule has 2 aromatic rings. The van der Waals surface area contributed by atoms with Crippen LogP contribution in [0.5, 0.6) is 0 Å². The van der Waals surface area contributed by atoms with Crippen molar-refractivity contribution in [3.05, 3.63) is 59.6 Å². The van der Waals surface area contributed by atoms with Gasteiger partial charge in [0.2, 0.25) is 0 Å². The van der Waals surface area contributed by atoms with E-state index in [1.807, 2.05) is 49.4 Å². The van der Waals surface area contributed by atoms with Crippen LogP contribution in [0.2, 0.25) is 5.02 Å². The van der Waals surface area contributed by atoms with Crippen molar-refractivity contribution in [2.75, 3.05) is 62.2 Å². The fraction of sp³-hybridized carbons (Fsp3) is 0.519. The molecular formula is C27H39ClN4O2. The maximum atomic E-state index is 12.8. The normalized spacial score (nSPS) is 15.2. The van der Waals surface area contributed by atoms with E-state index in [1.165, 1.54) is 5.69 Å². The number of amides is 2. The number of unbranched alkanes of at least 4 members (excludes halogenated alkanes) is 1. The van der Waals surface area contributed by atoms with Gasteiger partial charge in [0.05, 0.1) is 12.6 Å². The Morgan fingerprint density at radius 3 is 2.44 bits per heavy atom. The number of hydrogen-bond donors (Lipinski definition) is 1. The summed E-state index contributed by atoms with van der Waals surface area (Å²) in [5.74, 6) is 0. The fourth-order valence-corrected chi connectivity index (χ4v) is 4.27. The van der Waals surface area contributed by atoms with Crippen LogP contribution in [0.15, 0.2) is 54.6 Å². The van der Waals surface area contributed by atoms with Crippen LogP contribution in [-0.2, 0) is 4.74 Å². The first-order valence-corrected chi connectivity index (χ1v) is 12.9. The van der Waals surface area contributed by atoms with Crippen LogP contribution in [0.1, 0.15) is 33.1 Å². The molecule has 186 valence electrons. The summed E-state index contributed by atoms with van der Waals surface area (Å²) in [6.45, 7) is 11.3. The lowest BCUT2D eigenvalue weighted by Crippen LogP contribution is -2.47. The van der Waals surface area contributed by atoms with Crippen molar-refractivity contribution in [2.45, 2.75) is 39.2 Å². The number of anilines is 2. The van der Waals surface area contributed by atoms with Gasteiger partial charge in [-0.15, -0.1) is 0 Å². The molecule has 7 heteroatoms. The SMILES string of the molecule is CCCCNC(=O)N(CC(C)OCCCN1CCN(c2ccc(Cl)cc2)CC1)c1ccccc1. The standard InChI is InChI=1S/C27H39ClN4O2/c1-3-4-15-29-27(33)32(26-9-6-5-7-10-26)22-23(2)34-21-8-16-30-17-19-31(20-18-30)25-13-11-24(28)12-14-25/h5-7,9-14,23H,3-4,8,15-22H2,1-2H3,(H,29,33). The molecule has 0 saturated carbocycles. The lowest BCUT2D eigenvalue weighted by Gasteiger charge is -2.36. The number of nitrogens with one attached hydrogen (secondary N) is 1. The number of hydrogen-bond acceptors (Lipinski definition) is 4. The minimum Gasteiger partial charge on any atom is -0.377 e. The van der Waals surface area contributed by atoms with Gasteiger partial charge < -0.3 is 15.0 Å². The molecule has 0 spiro atoms. The fourth-order valence-electron chi connectivity index (χ4n) is 4.15. The van der Waals surface area contributed by atoms with Crippen molar-refractivity contribution < 1.29 is 9.53 Å². The van der Waals surface area contributed by atoms with Gasteiger partial charge in [0, 0.05) is 62.3 Å². The van der Waals surface area contributed by atoms with Gasteiger partial charge in [0.25, 0.3) is 0 Å². The molecule has 34 heavy (non-hydrogen) atoms. The molecule has 1 unspecified atom stereocenters. The van der Waals surface area contributed by atoms with E-state index in [9.17, 15) is 4.79 Å². The lowest BCUT2D eigenvalue weighted by atomic mass is 10.2. The number of carbonyl (C=O) groups excluding carboxylic acids is 1. The van der Waals surface area contributed by atoms with Crippen molar-refractivity contribution >= 4 is 29.0 Å². The third-order valence-electron chi connectivity index (χ3n) is 6.14. The number of halogens is 1. The largest absolute Gasteiger partial charge is 0.377 e. The minimum absolute atomic E-state index is 0.0427. The Labute approximate surface area is 209 Å². The smallest absolute Gasteiger partial charge is 0.321 e. The Morgan fingerprint density at radius 2 is 1.76 bits per heavy atom. The van der Waals surface area contributed by atoms with Gasteiger partial charge in [-0.3, -0.25) is 9.80 Å². The zero-order valence-electron chi connectivity index (χ0n) is 20.6. The van der Waals surface area contributed by atoms with Crippen LogP contribution in [0, 0.1) is 0 Å². The van der Waals surface area contributed by atoms with Gasteiger partial charge in [-0.1, -0.05) is 43.1 Å². The molecule has 1 atom stereocenters. The lowest BCUT2D eigenvalue weighted by molar-refractivity contribution is 0.0632. The Morgan fingerprint density at radius 1 is 1.06 bits per heavy atom. The maximum absolute atomic E-state index is 12.8. The Balaban J connectivity index is 1.37. The average molecular weight is 487 g/mol. The van der Waals surface area contributed by atoms with E-state index in [0.717, 1.165) is 62.7 Å². The summed E-state index contributed by atoms with van der Waals surface area (Å²) in [6, 6.07) is 17.8. The number of piperazine rings is 1. The summed E-state index contributed by atoms with van der Waals surface area (Å²) in [5, 5.41) is 3.81. The molecule has 0 aromatic heterocycles. The van der Waals surface area contributed by atoms with Crippen molar-refractivity contribution in [1.29, 1.82) is 0 Å². The van der Waals surface area contributed by atoms with Crippen LogP contribution in [0.3, 0.4) is 0 Å². The second-order valence-electron chi connectivity index (χ2n) is 8.87. The molecule has 1 saturated heterocycles. The van der Waals surface area contributed by atoms with Crippen molar-refractivity contribution in [1.82, 2.24) is 10.2 Å². The van der Waals surface area contributed by atoms with Gasteiger partial charge >= 0.3 is 6.03 Å². The number of rotatable bonds is 12. The Bertz CT molecular complexity index is 841. The average Bonchev–Trinajstić information content (AvgIpc) is 2.86. The topological polar surface area (TPSA) is 48.1 Å². The van der Waals surface area contributed by atoms with E-state index < -0.39 is 0 Å². The summed E-state index contributed by atoms with van der Waals surface area (Å²) < 4.78 is 6.09. The van der Waals surface area contributed by atoms with Crippen molar-refractivity contribution in [2.24, 2.45) is 0 Å². The second kappa shape index (κ2) is 14.2. The summed E-state index contributed by atoms with van der Waals surface area (Å²) >= 11 is 6.01. The van der Waals surface area contributed by atoms with E-state index >= 15 is 0 Å². The third kappa shape index (κ3) is 8.49. The monoisotopic (exact) mass is 486 g/mol. The minimum atomic E-state index is -0.0614. The zero-order chi connectivity index (χ0) is 24.2. The predicted octanol–water partition coefficient (Wildman–Crippen LogP) is 5.27. The number of para-hydroxylation sites is 1. The number of ether oxygens (including phenoxy) is 1. The molecule has 0 aliphatic carbocycles. The van der Waals surface area contributed by atoms with Crippen molar-refractivity contribution in [3.63, 3.8) is 0 Å². The predicted molar refractivity (Wildman–Crippen MR) is 142 cm³/mol. The molecule has 2 amide bonds. The van der Waals surface area contributed by atoms with E-state index in [4.69, 9.17) is 16.3 Å². The first-order chi connectivity index (χ1) is 16.6. The van der Waals surface area contributed by atoms with Crippen LogP contribution in [-0.4, -0.2) is 69.5 Å². The second-order valence-corrected chi connectivity index (χ2v) is 9.31. The quantitative estimate of drug-likeness (QED) is 0.415. The highest BCUT2D eigenvalue weighted by atomic mass is 35.5. The van der Waals surface area contributed by atoms with Crippen LogP contribution in [0.25, 0.3) is 0 Å². The van der Waals surface area contributed by atoms with Gasteiger partial charge in [-0.05, 0) is 56.2 Å². The molecule has 0 radical (unpaired) electrons. The van der Waals surface area contributed by atoms with Gasteiger partial charge in [0.1, 0.15) is 0 Å². The number of nitrogens with zero attached hydrogens (tertiary/aromatic N) is 3. The number of urea groups is 1. The number of benzene rings is 2. The molecular weight excluding hydrogens is 448 g/mol. The highest BCUT2D eigenvalue weighted by Gasteiger charge is 2.19. The van der Waals surface area contributed by atoms with Crippen LogP contribution >= 0.6 is 11.6 Å². The van der Waals surface area contributed by atoms with Crippen LogP contribution in [0.4, 0.5) is 16.2 Å². The molecule has 6 nitrogen and oxygen atoms in total. The molecule has 0 bridgehead atoms. The first-order valence-electron chi connectivity index (χ1n) is 12.5. The molecule has 1 aliphatic heterocycles. The molecule has 3 rings (SSSR count). The van der Waals surface area contributed by atoms with E-state index in [-0.39, 0.29) is 12.1 Å². The summed E-state index contributed by atoms with van der Waals surface area (Å²) in [4.78, 5) is 19.5. The molecule has 1 fully saturated rings. The molecule has 1 N–H and O–H groups in total. The van der Waals surface area contributed by atoms with E-state index in [1.54, 1.807) is 4.90 Å². The maximum Gasteiger partial charge on any atom is 0.321 e. The van der Waals surface area contributed by atoms with Crippen LogP contribution < -0.4 is 15.1 Å². The molecule has 1 heterocycles. The summed E-state index contributed by atoms with van der Waals surface area (Å²) in [6.07, 6.45) is 2.98. The highest BCUT2D eigenvalue weighted by molar-refractivity contribution is 6.30. The Kier molecular flexibility index (Phi) is 11.0. The van der Waals surface area contributed by atoms with Gasteiger partial charge in [-0.2, -0.15) is 0 Å². The van der Waals surface area contributed by atoms with Crippen molar-refractivity contribution in [3.8, 4) is 0 Å².